The molecule has 0 heterocycles. The number of alkyl halides is 1. The van der Waals surface area contributed by atoms with Crippen molar-refractivity contribution in [1.29, 1.82) is 0 Å². The molecule has 1 heteroatoms. The van der Waals surface area contributed by atoms with Gasteiger partial charge in [-0.1, -0.05) is 73.1 Å². The number of halogens is 1. The van der Waals surface area contributed by atoms with Gasteiger partial charge in [0.1, 0.15) is 0 Å². The second kappa shape index (κ2) is 8.40. The third-order valence-corrected chi connectivity index (χ3v) is 4.73. The molecule has 0 aliphatic heterocycles. The fourth-order valence-corrected chi connectivity index (χ4v) is 2.11. The van der Waals surface area contributed by atoms with Crippen molar-refractivity contribution < 1.29 is 0 Å². The van der Waals surface area contributed by atoms with Gasteiger partial charge >= 0.3 is 0 Å². The summed E-state index contributed by atoms with van der Waals surface area (Å²) in [6.45, 7) is 11.9. The molecule has 0 N–H and O–H groups in total. The van der Waals surface area contributed by atoms with E-state index in [0.717, 1.165) is 5.88 Å². The predicted octanol–water partition coefficient (Wildman–Crippen LogP) is 6.42. The van der Waals surface area contributed by atoms with Gasteiger partial charge in [0.25, 0.3) is 0 Å². The van der Waals surface area contributed by atoms with E-state index in [2.05, 4.69) is 34.6 Å². The second-order valence-electron chi connectivity index (χ2n) is 7.05. The van der Waals surface area contributed by atoms with E-state index < -0.39 is 0 Å². The van der Waals surface area contributed by atoms with Crippen molar-refractivity contribution in [2.45, 2.75) is 86.0 Å². The van der Waals surface area contributed by atoms with Crippen molar-refractivity contribution in [1.82, 2.24) is 0 Å². The molecule has 0 aromatic heterocycles. The van der Waals surface area contributed by atoms with E-state index in [-0.39, 0.29) is 0 Å². The van der Waals surface area contributed by atoms with Crippen LogP contribution in [0.15, 0.2) is 0 Å². The Morgan fingerprint density at radius 1 is 0.647 bits per heavy atom. The Kier molecular flexibility index (Phi) is 8.55. The largest absolute Gasteiger partial charge is 0.127 e. The van der Waals surface area contributed by atoms with Crippen LogP contribution in [0.4, 0.5) is 0 Å². The second-order valence-corrected chi connectivity index (χ2v) is 7.43. The summed E-state index contributed by atoms with van der Waals surface area (Å²) in [7, 11) is 0. The van der Waals surface area contributed by atoms with Gasteiger partial charge in [-0.15, -0.1) is 11.6 Å². The van der Waals surface area contributed by atoms with E-state index in [0.29, 0.717) is 10.8 Å². The highest BCUT2D eigenvalue weighted by molar-refractivity contribution is 6.17. The van der Waals surface area contributed by atoms with Crippen LogP contribution < -0.4 is 0 Å². The van der Waals surface area contributed by atoms with Crippen molar-refractivity contribution >= 4 is 11.6 Å². The molecular formula is C16H33Cl. The standard InChI is InChI=1S/C16H33Cl/c1-15(2,3)16(4,5)13-11-9-7-6-8-10-12-14-17/h6-14H2,1-5H3. The molecule has 0 fully saturated rings. The van der Waals surface area contributed by atoms with Gasteiger partial charge in [-0.2, -0.15) is 0 Å². The SMILES string of the molecule is CC(C)(C)C(C)(C)CCCCCCCCCCl. The van der Waals surface area contributed by atoms with E-state index in [1.807, 2.05) is 0 Å². The fourth-order valence-electron chi connectivity index (χ4n) is 1.92. The maximum absolute atomic E-state index is 5.66. The zero-order chi connectivity index (χ0) is 13.4. The first-order valence-corrected chi connectivity index (χ1v) is 7.91. The van der Waals surface area contributed by atoms with E-state index in [4.69, 9.17) is 11.6 Å². The predicted molar refractivity (Wildman–Crippen MR) is 80.9 cm³/mol. The Balaban J connectivity index is 3.46. The Morgan fingerprint density at radius 2 is 1.06 bits per heavy atom. The maximum atomic E-state index is 5.66. The van der Waals surface area contributed by atoms with Crippen LogP contribution in [-0.2, 0) is 0 Å². The molecule has 0 rings (SSSR count). The van der Waals surface area contributed by atoms with E-state index in [1.165, 1.54) is 51.4 Å². The molecule has 0 spiro atoms. The van der Waals surface area contributed by atoms with Gasteiger partial charge in [-0.05, 0) is 23.7 Å². The van der Waals surface area contributed by atoms with Crippen molar-refractivity contribution in [2.24, 2.45) is 10.8 Å². The fraction of sp³-hybridized carbons (Fsp3) is 1.00. The lowest BCUT2D eigenvalue weighted by atomic mass is 9.67. The Morgan fingerprint density at radius 3 is 1.47 bits per heavy atom. The molecular weight excluding hydrogens is 228 g/mol. The number of unbranched alkanes of at least 4 members (excludes halogenated alkanes) is 6. The molecule has 0 nitrogen and oxygen atoms in total. The van der Waals surface area contributed by atoms with Gasteiger partial charge in [-0.3, -0.25) is 0 Å². The average molecular weight is 261 g/mol. The van der Waals surface area contributed by atoms with Crippen LogP contribution in [0.1, 0.15) is 86.0 Å². The third kappa shape index (κ3) is 8.08. The van der Waals surface area contributed by atoms with E-state index in [9.17, 15) is 0 Å². The van der Waals surface area contributed by atoms with Crippen LogP contribution in [0, 0.1) is 10.8 Å². The minimum Gasteiger partial charge on any atom is -0.127 e. The number of rotatable bonds is 9. The molecule has 0 saturated heterocycles. The van der Waals surface area contributed by atoms with Crippen molar-refractivity contribution in [2.75, 3.05) is 5.88 Å². The molecule has 0 amide bonds. The summed E-state index contributed by atoms with van der Waals surface area (Å²) >= 11 is 5.66. The van der Waals surface area contributed by atoms with Gasteiger partial charge in [0.2, 0.25) is 0 Å². The zero-order valence-corrected chi connectivity index (χ0v) is 13.5. The highest BCUT2D eigenvalue weighted by atomic mass is 35.5. The Bertz CT molecular complexity index is 176. The molecule has 0 radical (unpaired) electrons. The number of hydrogen-bond acceptors (Lipinski definition) is 0. The topological polar surface area (TPSA) is 0 Å². The lowest BCUT2D eigenvalue weighted by Gasteiger charge is -2.39. The van der Waals surface area contributed by atoms with Crippen molar-refractivity contribution in [3.05, 3.63) is 0 Å². The molecule has 0 aliphatic carbocycles. The summed E-state index contributed by atoms with van der Waals surface area (Å²) in [6.07, 6.45) is 10.8. The first kappa shape index (κ1) is 17.3. The van der Waals surface area contributed by atoms with Crippen LogP contribution >= 0.6 is 11.6 Å². The quantitative estimate of drug-likeness (QED) is 0.332. The molecule has 0 saturated carbocycles. The zero-order valence-electron chi connectivity index (χ0n) is 12.7. The van der Waals surface area contributed by atoms with Crippen LogP contribution in [0.3, 0.4) is 0 Å². The maximum Gasteiger partial charge on any atom is 0.0223 e. The highest BCUT2D eigenvalue weighted by Crippen LogP contribution is 2.41. The van der Waals surface area contributed by atoms with Crippen LogP contribution in [0.2, 0.25) is 0 Å². The lowest BCUT2D eigenvalue weighted by molar-refractivity contribution is 0.115. The molecule has 0 bridgehead atoms. The molecule has 0 aromatic rings. The van der Waals surface area contributed by atoms with E-state index >= 15 is 0 Å². The van der Waals surface area contributed by atoms with Gasteiger partial charge in [0.05, 0.1) is 0 Å². The summed E-state index contributed by atoms with van der Waals surface area (Å²) in [4.78, 5) is 0. The smallest absolute Gasteiger partial charge is 0.0223 e. The van der Waals surface area contributed by atoms with Crippen LogP contribution in [-0.4, -0.2) is 5.88 Å². The van der Waals surface area contributed by atoms with E-state index in [1.54, 1.807) is 0 Å². The van der Waals surface area contributed by atoms with Gasteiger partial charge in [-0.25, -0.2) is 0 Å². The molecule has 0 atom stereocenters. The number of hydrogen-bond donors (Lipinski definition) is 0. The van der Waals surface area contributed by atoms with Crippen LogP contribution in [0.5, 0.6) is 0 Å². The van der Waals surface area contributed by atoms with Crippen molar-refractivity contribution in [3.8, 4) is 0 Å². The Labute approximate surface area is 115 Å². The average Bonchev–Trinajstić information content (AvgIpc) is 2.20. The van der Waals surface area contributed by atoms with Gasteiger partial charge < -0.3 is 0 Å². The minimum atomic E-state index is 0.424. The monoisotopic (exact) mass is 260 g/mol. The lowest BCUT2D eigenvalue weighted by Crippen LogP contribution is -2.29. The molecule has 0 aromatic carbocycles. The molecule has 104 valence electrons. The molecule has 0 aliphatic rings. The summed E-state index contributed by atoms with van der Waals surface area (Å²) in [6, 6.07) is 0. The molecule has 0 unspecified atom stereocenters. The minimum absolute atomic E-state index is 0.424. The Hall–Kier alpha value is 0.290. The summed E-state index contributed by atoms with van der Waals surface area (Å²) in [5, 5.41) is 0. The third-order valence-electron chi connectivity index (χ3n) is 4.47. The summed E-state index contributed by atoms with van der Waals surface area (Å²) < 4.78 is 0. The first-order chi connectivity index (χ1) is 7.81. The highest BCUT2D eigenvalue weighted by Gasteiger charge is 2.31. The van der Waals surface area contributed by atoms with Gasteiger partial charge in [0, 0.05) is 5.88 Å². The van der Waals surface area contributed by atoms with Crippen molar-refractivity contribution in [3.63, 3.8) is 0 Å². The van der Waals surface area contributed by atoms with Gasteiger partial charge in [0.15, 0.2) is 0 Å². The first-order valence-electron chi connectivity index (χ1n) is 7.37. The normalized spacial score (nSPS) is 13.1. The summed E-state index contributed by atoms with van der Waals surface area (Å²) in [5.74, 6) is 0.833. The molecule has 17 heavy (non-hydrogen) atoms. The van der Waals surface area contributed by atoms with Crippen LogP contribution in [0.25, 0.3) is 0 Å². The summed E-state index contributed by atoms with van der Waals surface area (Å²) in [5.41, 5.74) is 0.888.